The fourth-order valence-electron chi connectivity index (χ4n) is 0.703. The zero-order valence-corrected chi connectivity index (χ0v) is 16.9. The quantitative estimate of drug-likeness (QED) is 0.318. The Morgan fingerprint density at radius 2 is 1.12 bits per heavy atom. The Morgan fingerprint density at radius 3 is 1.35 bits per heavy atom. The fourth-order valence-corrected chi connectivity index (χ4v) is 1.76. The van der Waals surface area contributed by atoms with E-state index in [9.17, 15) is 17.5 Å². The number of rotatable bonds is 8. The van der Waals surface area contributed by atoms with Crippen molar-refractivity contribution in [2.45, 2.75) is 19.3 Å². The van der Waals surface area contributed by atoms with Gasteiger partial charge in [-0.15, -0.1) is 0 Å². The maximum atomic E-state index is 10.3. The van der Waals surface area contributed by atoms with Gasteiger partial charge in [0.05, 0.1) is 31.3 Å². The van der Waals surface area contributed by atoms with E-state index in [0.717, 1.165) is 0 Å². The van der Waals surface area contributed by atoms with Crippen molar-refractivity contribution < 1.29 is 85.0 Å². The van der Waals surface area contributed by atoms with Gasteiger partial charge >= 0.3 is 59.1 Å². The summed E-state index contributed by atoms with van der Waals surface area (Å²) in [5.74, 6) is 0. The second-order valence-electron chi connectivity index (χ2n) is 2.52. The first-order chi connectivity index (χ1) is 6.71. The minimum Gasteiger partial charge on any atom is -0.748 e. The predicted molar refractivity (Wildman–Crippen MR) is 58.3 cm³/mol. The molecule has 0 fully saturated rings. The summed E-state index contributed by atoms with van der Waals surface area (Å²) < 4.78 is 49.9. The van der Waals surface area contributed by atoms with Crippen LogP contribution in [-0.2, 0) is 48.8 Å². The van der Waals surface area contributed by atoms with E-state index in [1.54, 1.807) is 0 Å². The van der Waals surface area contributed by atoms with Gasteiger partial charge in [0.2, 0.25) is 0 Å². The van der Waals surface area contributed by atoms with Gasteiger partial charge in [-0.2, -0.15) is 0 Å². The molecule has 0 amide bonds. The van der Waals surface area contributed by atoms with Gasteiger partial charge in [0.1, 0.15) is 0 Å². The third kappa shape index (κ3) is 24.0. The molecule has 0 aliphatic rings. The summed E-state index contributed by atoms with van der Waals surface area (Å²) in [7, 11) is -7.60. The third-order valence-corrected chi connectivity index (χ3v) is 2.73. The first-order valence-corrected chi connectivity index (χ1v) is 8.58. The van der Waals surface area contributed by atoms with Gasteiger partial charge in [0, 0.05) is 0 Å². The molecule has 0 aromatic rings. The molecule has 0 saturated heterocycles. The molecule has 0 heterocycles. The monoisotopic (exact) mass is 340 g/mol. The van der Waals surface area contributed by atoms with Crippen LogP contribution in [0.4, 0.5) is 0 Å². The van der Waals surface area contributed by atoms with Crippen LogP contribution in [0.5, 0.6) is 0 Å². The standard InChI is InChI=1S/C5H12O6S4.2Na/c6-14(7,12)10-4-2-1-3-5-11-15(8,9)13;;/h1-5H2,(H,6,7,12)(H,8,9,13);;/q;2*+1/p-2. The Labute approximate surface area is 156 Å². The Balaban J connectivity index is -0.000000980. The molecule has 12 heteroatoms. The summed E-state index contributed by atoms with van der Waals surface area (Å²) in [5.41, 5.74) is 0. The zero-order chi connectivity index (χ0) is 11.9. The van der Waals surface area contributed by atoms with Crippen LogP contribution in [0.1, 0.15) is 19.3 Å². The number of hydrogen-bond donors (Lipinski definition) is 0. The van der Waals surface area contributed by atoms with E-state index in [1.165, 1.54) is 0 Å². The van der Waals surface area contributed by atoms with Crippen LogP contribution in [0.25, 0.3) is 0 Å². The summed E-state index contributed by atoms with van der Waals surface area (Å²) >= 11 is 7.93. The summed E-state index contributed by atoms with van der Waals surface area (Å²) in [6.45, 7) is -0.0150. The molecule has 0 spiro atoms. The maximum Gasteiger partial charge on any atom is 1.00 e. The van der Waals surface area contributed by atoms with Crippen molar-refractivity contribution in [1.29, 1.82) is 0 Å². The molecule has 17 heavy (non-hydrogen) atoms. The molecule has 2 unspecified atom stereocenters. The average Bonchev–Trinajstić information content (AvgIpc) is 1.98. The second-order valence-corrected chi connectivity index (χ2v) is 7.07. The van der Waals surface area contributed by atoms with E-state index >= 15 is 0 Å². The summed E-state index contributed by atoms with van der Waals surface area (Å²) in [6.07, 6.45) is 1.48. The molecule has 0 aromatic heterocycles. The van der Waals surface area contributed by atoms with Crippen molar-refractivity contribution in [3.63, 3.8) is 0 Å². The van der Waals surface area contributed by atoms with Gasteiger partial charge in [0.15, 0.2) is 0 Å². The SMILES string of the molecule is O=S([O-])(=S)OCCCCCOS(=O)([O-])=S.[Na+].[Na+]. The second kappa shape index (κ2) is 12.3. The smallest absolute Gasteiger partial charge is 0.748 e. The van der Waals surface area contributed by atoms with Crippen molar-refractivity contribution in [3.8, 4) is 0 Å². The van der Waals surface area contributed by atoms with Crippen molar-refractivity contribution in [2.24, 2.45) is 0 Å². The van der Waals surface area contributed by atoms with Gasteiger partial charge in [-0.3, -0.25) is 8.37 Å². The van der Waals surface area contributed by atoms with Gasteiger partial charge < -0.3 is 9.11 Å². The van der Waals surface area contributed by atoms with Crippen molar-refractivity contribution in [2.75, 3.05) is 13.2 Å². The van der Waals surface area contributed by atoms with Crippen LogP contribution in [-0.4, -0.2) is 30.7 Å². The molecule has 0 aromatic carbocycles. The Hall–Kier alpha value is 2.58. The molecule has 0 rings (SSSR count). The summed E-state index contributed by atoms with van der Waals surface area (Å²) in [6, 6.07) is 0. The van der Waals surface area contributed by atoms with Gasteiger partial charge in [0.25, 0.3) is 0 Å². The molecule has 6 nitrogen and oxygen atoms in total. The van der Waals surface area contributed by atoms with Crippen molar-refractivity contribution >= 4 is 40.5 Å². The predicted octanol–water partition coefficient (Wildman–Crippen LogP) is -6.22. The molecule has 0 saturated carbocycles. The number of hydrogen-bond acceptors (Lipinski definition) is 8. The topological polar surface area (TPSA) is 98.7 Å². The van der Waals surface area contributed by atoms with Gasteiger partial charge in [-0.05, 0) is 41.6 Å². The van der Waals surface area contributed by atoms with Crippen LogP contribution in [0.2, 0.25) is 0 Å². The Kier molecular flexibility index (Phi) is 17.8. The molecule has 2 atom stereocenters. The van der Waals surface area contributed by atoms with Crippen molar-refractivity contribution in [3.05, 3.63) is 0 Å². The van der Waals surface area contributed by atoms with Crippen LogP contribution >= 0.6 is 0 Å². The normalized spacial score (nSPS) is 17.1. The molecular weight excluding hydrogens is 330 g/mol. The maximum absolute atomic E-state index is 10.3. The third-order valence-electron chi connectivity index (χ3n) is 1.24. The fraction of sp³-hybridized carbons (Fsp3) is 1.00. The molecule has 0 N–H and O–H groups in total. The molecule has 0 aliphatic heterocycles. The minimum atomic E-state index is -3.80. The van der Waals surface area contributed by atoms with E-state index in [-0.39, 0.29) is 72.3 Å². The minimum absolute atomic E-state index is 0. The summed E-state index contributed by atoms with van der Waals surface area (Å²) in [4.78, 5) is 0. The number of unbranched alkanes of at least 4 members (excludes halogenated alkanes) is 2. The molecular formula is C5H10Na2O6S4. The molecule has 92 valence electrons. The van der Waals surface area contributed by atoms with Crippen molar-refractivity contribution in [1.82, 2.24) is 0 Å². The molecule has 0 radical (unpaired) electrons. The van der Waals surface area contributed by atoms with E-state index in [2.05, 4.69) is 30.7 Å². The van der Waals surface area contributed by atoms with E-state index in [4.69, 9.17) is 0 Å². The van der Waals surface area contributed by atoms with E-state index < -0.39 is 18.1 Å². The van der Waals surface area contributed by atoms with Gasteiger partial charge in [-0.1, -0.05) is 0 Å². The summed E-state index contributed by atoms with van der Waals surface area (Å²) in [5, 5.41) is 0. The van der Waals surface area contributed by atoms with Crippen LogP contribution < -0.4 is 59.1 Å². The van der Waals surface area contributed by atoms with E-state index in [0.29, 0.717) is 19.3 Å². The first kappa shape index (κ1) is 24.6. The van der Waals surface area contributed by atoms with Crippen LogP contribution in [0.3, 0.4) is 0 Å². The Morgan fingerprint density at radius 1 is 0.824 bits per heavy atom. The van der Waals surface area contributed by atoms with Crippen LogP contribution in [0, 0.1) is 0 Å². The zero-order valence-electron chi connectivity index (χ0n) is 9.62. The van der Waals surface area contributed by atoms with Gasteiger partial charge in [-0.25, -0.2) is 8.42 Å². The van der Waals surface area contributed by atoms with Crippen LogP contribution in [0.15, 0.2) is 0 Å². The average molecular weight is 340 g/mol. The first-order valence-electron chi connectivity index (χ1n) is 3.91. The Bertz CT molecular complexity index is 330. The van der Waals surface area contributed by atoms with E-state index in [1.807, 2.05) is 0 Å². The molecule has 0 aliphatic carbocycles. The molecule has 0 bridgehead atoms. The largest absolute Gasteiger partial charge is 1.00 e.